The number of nitrogens with one attached hydrogen (secondary N) is 1. The van der Waals surface area contributed by atoms with Crippen molar-refractivity contribution >= 4 is 17.3 Å². The molecule has 0 unspecified atom stereocenters. The average Bonchev–Trinajstić information content (AvgIpc) is 3.35. The van der Waals surface area contributed by atoms with Crippen LogP contribution >= 0.6 is 0 Å². The quantitative estimate of drug-likeness (QED) is 0.777. The number of nitrogens with zero attached hydrogens (tertiary/aromatic N) is 3. The third-order valence-electron chi connectivity index (χ3n) is 4.52. The Hall–Kier alpha value is -3.15. The molecule has 1 aromatic heterocycles. The fraction of sp³-hybridized carbons (Fsp3) is 0.200. The van der Waals surface area contributed by atoms with E-state index in [1.165, 1.54) is 10.7 Å². The van der Waals surface area contributed by atoms with Crippen molar-refractivity contribution in [3.05, 3.63) is 72.3 Å². The molecule has 1 N–H and O–H groups in total. The van der Waals surface area contributed by atoms with Crippen molar-refractivity contribution in [2.75, 3.05) is 23.3 Å². The molecule has 4 rings (SSSR count). The zero-order valence-corrected chi connectivity index (χ0v) is 14.2. The number of rotatable bonds is 4. The Morgan fingerprint density at radius 1 is 0.962 bits per heavy atom. The summed E-state index contributed by atoms with van der Waals surface area (Å²) in [7, 11) is 0. The number of hydrogen-bond acceptors (Lipinski definition) is 3. The first kappa shape index (κ1) is 16.3. The molecule has 0 aliphatic carbocycles. The Morgan fingerprint density at radius 3 is 2.42 bits per heavy atom. The van der Waals surface area contributed by atoms with E-state index in [2.05, 4.69) is 15.3 Å². The van der Waals surface area contributed by atoms with Crippen LogP contribution in [-0.4, -0.2) is 28.8 Å². The van der Waals surface area contributed by atoms with Crippen LogP contribution in [0.5, 0.6) is 0 Å². The van der Waals surface area contributed by atoms with Gasteiger partial charge in [-0.3, -0.25) is 4.79 Å². The van der Waals surface area contributed by atoms with Crippen LogP contribution in [0, 0.1) is 5.82 Å². The van der Waals surface area contributed by atoms with E-state index in [9.17, 15) is 9.18 Å². The van der Waals surface area contributed by atoms with Crippen molar-refractivity contribution in [1.29, 1.82) is 0 Å². The van der Waals surface area contributed by atoms with E-state index < -0.39 is 0 Å². The molecule has 3 aromatic rings. The molecule has 26 heavy (non-hydrogen) atoms. The van der Waals surface area contributed by atoms with Gasteiger partial charge in [0.15, 0.2) is 5.69 Å². The van der Waals surface area contributed by atoms with Gasteiger partial charge < -0.3 is 10.2 Å². The highest BCUT2D eigenvalue weighted by Gasteiger charge is 2.18. The van der Waals surface area contributed by atoms with E-state index in [1.807, 2.05) is 24.3 Å². The molecule has 1 fully saturated rings. The predicted molar refractivity (Wildman–Crippen MR) is 99.4 cm³/mol. The first-order valence-corrected chi connectivity index (χ1v) is 8.68. The monoisotopic (exact) mass is 350 g/mol. The fourth-order valence-corrected chi connectivity index (χ4v) is 3.22. The molecule has 2 aromatic carbocycles. The van der Waals surface area contributed by atoms with E-state index in [0.29, 0.717) is 5.69 Å². The Balaban J connectivity index is 1.56. The number of carbonyl (C=O) groups excluding carboxylic acids is 1. The topological polar surface area (TPSA) is 50.2 Å². The summed E-state index contributed by atoms with van der Waals surface area (Å²) in [6.45, 7) is 1.99. The number of carbonyl (C=O) groups is 1. The smallest absolute Gasteiger partial charge is 0.276 e. The molecule has 5 nitrogen and oxygen atoms in total. The van der Waals surface area contributed by atoms with Gasteiger partial charge in [0.25, 0.3) is 5.91 Å². The van der Waals surface area contributed by atoms with Gasteiger partial charge in [-0.25, -0.2) is 9.07 Å². The normalized spacial score (nSPS) is 13.8. The van der Waals surface area contributed by atoms with Gasteiger partial charge in [-0.2, -0.15) is 5.10 Å². The summed E-state index contributed by atoms with van der Waals surface area (Å²) < 4.78 is 15.3. The van der Waals surface area contributed by atoms with Crippen LogP contribution in [-0.2, 0) is 0 Å². The van der Waals surface area contributed by atoms with Crippen LogP contribution in [0.2, 0.25) is 0 Å². The number of anilines is 2. The molecule has 0 atom stereocenters. The molecule has 1 amide bonds. The van der Waals surface area contributed by atoms with Gasteiger partial charge >= 0.3 is 0 Å². The SMILES string of the molecule is O=C(Nc1ccccc1N1CCCC1)c1ccn(-c2ccccc2F)n1. The molecule has 1 aliphatic rings. The van der Waals surface area contributed by atoms with Crippen LogP contribution in [0.1, 0.15) is 23.3 Å². The van der Waals surface area contributed by atoms with E-state index >= 15 is 0 Å². The number of aromatic nitrogens is 2. The molecule has 2 heterocycles. The molecule has 1 aliphatic heterocycles. The molecule has 6 heteroatoms. The van der Waals surface area contributed by atoms with Crippen LogP contribution in [0.3, 0.4) is 0 Å². The lowest BCUT2D eigenvalue weighted by Crippen LogP contribution is -2.21. The summed E-state index contributed by atoms with van der Waals surface area (Å²) in [5.74, 6) is -0.700. The van der Waals surface area contributed by atoms with Crippen LogP contribution in [0.15, 0.2) is 60.8 Å². The minimum absolute atomic E-state index is 0.240. The summed E-state index contributed by atoms with van der Waals surface area (Å²) in [5, 5.41) is 7.15. The molecular formula is C20H19FN4O. The zero-order valence-electron chi connectivity index (χ0n) is 14.2. The number of amides is 1. The molecule has 0 bridgehead atoms. The van der Waals surface area contributed by atoms with Crippen molar-refractivity contribution in [1.82, 2.24) is 9.78 Å². The summed E-state index contributed by atoms with van der Waals surface area (Å²) >= 11 is 0. The summed E-state index contributed by atoms with van der Waals surface area (Å²) in [5.41, 5.74) is 2.33. The largest absolute Gasteiger partial charge is 0.370 e. The van der Waals surface area contributed by atoms with Crippen molar-refractivity contribution in [3.8, 4) is 5.69 Å². The molecule has 0 radical (unpaired) electrons. The van der Waals surface area contributed by atoms with Gasteiger partial charge in [-0.05, 0) is 43.2 Å². The van der Waals surface area contributed by atoms with Crippen LogP contribution < -0.4 is 10.2 Å². The molecule has 0 spiro atoms. The van der Waals surface area contributed by atoms with Crippen molar-refractivity contribution in [2.24, 2.45) is 0 Å². The van der Waals surface area contributed by atoms with Crippen molar-refractivity contribution in [2.45, 2.75) is 12.8 Å². The third-order valence-corrected chi connectivity index (χ3v) is 4.52. The van der Waals surface area contributed by atoms with Gasteiger partial charge in [0, 0.05) is 19.3 Å². The predicted octanol–water partition coefficient (Wildman–Crippen LogP) is 3.86. The second-order valence-electron chi connectivity index (χ2n) is 6.26. The maximum absolute atomic E-state index is 13.9. The highest BCUT2D eigenvalue weighted by Crippen LogP contribution is 2.29. The number of halogens is 1. The van der Waals surface area contributed by atoms with Crippen molar-refractivity contribution in [3.63, 3.8) is 0 Å². The Labute approximate surface area is 151 Å². The Bertz CT molecular complexity index is 931. The highest BCUT2D eigenvalue weighted by atomic mass is 19.1. The van der Waals surface area contributed by atoms with Crippen LogP contribution in [0.4, 0.5) is 15.8 Å². The summed E-state index contributed by atoms with van der Waals surface area (Å²) in [6, 6.07) is 15.7. The van der Waals surface area contributed by atoms with E-state index in [4.69, 9.17) is 0 Å². The molecule has 1 saturated heterocycles. The lowest BCUT2D eigenvalue weighted by molar-refractivity contribution is 0.102. The maximum Gasteiger partial charge on any atom is 0.276 e. The molecule has 132 valence electrons. The lowest BCUT2D eigenvalue weighted by atomic mass is 10.2. The standard InChI is InChI=1S/C20H19FN4O/c21-15-7-1-3-9-18(15)25-14-11-17(23-25)20(26)22-16-8-2-4-10-19(16)24-12-5-6-13-24/h1-4,7-11,14H,5-6,12-13H2,(H,22,26). The number of benzene rings is 2. The van der Waals surface area contributed by atoms with E-state index in [-0.39, 0.29) is 17.4 Å². The summed E-state index contributed by atoms with van der Waals surface area (Å²) in [4.78, 5) is 14.9. The van der Waals surface area contributed by atoms with E-state index in [1.54, 1.807) is 30.5 Å². The third kappa shape index (κ3) is 3.18. The minimum atomic E-state index is -0.387. The second kappa shape index (κ2) is 7.00. The Morgan fingerprint density at radius 2 is 1.65 bits per heavy atom. The van der Waals surface area contributed by atoms with Crippen LogP contribution in [0.25, 0.3) is 5.69 Å². The Kier molecular flexibility index (Phi) is 4.39. The van der Waals surface area contributed by atoms with Gasteiger partial charge in [0.1, 0.15) is 11.5 Å². The lowest BCUT2D eigenvalue weighted by Gasteiger charge is -2.21. The van der Waals surface area contributed by atoms with E-state index in [0.717, 1.165) is 37.3 Å². The second-order valence-corrected chi connectivity index (χ2v) is 6.26. The molecular weight excluding hydrogens is 331 g/mol. The van der Waals surface area contributed by atoms with Gasteiger partial charge in [-0.15, -0.1) is 0 Å². The highest BCUT2D eigenvalue weighted by molar-refractivity contribution is 6.04. The first-order valence-electron chi connectivity index (χ1n) is 8.68. The fourth-order valence-electron chi connectivity index (χ4n) is 3.22. The zero-order chi connectivity index (χ0) is 17.9. The maximum atomic E-state index is 13.9. The van der Waals surface area contributed by atoms with Gasteiger partial charge in [-0.1, -0.05) is 24.3 Å². The first-order chi connectivity index (χ1) is 12.7. The number of para-hydroxylation sites is 3. The minimum Gasteiger partial charge on any atom is -0.370 e. The van der Waals surface area contributed by atoms with Gasteiger partial charge in [0.2, 0.25) is 0 Å². The number of hydrogen-bond donors (Lipinski definition) is 1. The summed E-state index contributed by atoms with van der Waals surface area (Å²) in [6.07, 6.45) is 3.91. The van der Waals surface area contributed by atoms with Crippen molar-refractivity contribution < 1.29 is 9.18 Å². The van der Waals surface area contributed by atoms with Gasteiger partial charge in [0.05, 0.1) is 11.4 Å². The molecule has 0 saturated carbocycles. The average molecular weight is 350 g/mol.